The van der Waals surface area contributed by atoms with Crippen molar-refractivity contribution < 1.29 is 9.59 Å². The van der Waals surface area contributed by atoms with Gasteiger partial charge < -0.3 is 4.90 Å². The molecule has 166 valence electrons. The number of hydrogen-bond donors (Lipinski definition) is 1. The summed E-state index contributed by atoms with van der Waals surface area (Å²) in [6.07, 6.45) is 3.86. The molecule has 0 aliphatic rings. The SMILES string of the molecule is C=CCN(CC(=O)Nc1nc(-c2ccccc2)cn1-c1ccc(C(C)C)cc1)C(=O)CC. The summed E-state index contributed by atoms with van der Waals surface area (Å²) in [6.45, 7) is 10.0. The smallest absolute Gasteiger partial charge is 0.246 e. The Bertz CT molecular complexity index is 1070. The predicted octanol–water partition coefficient (Wildman–Crippen LogP) is 5.03. The third-order valence-electron chi connectivity index (χ3n) is 5.20. The van der Waals surface area contributed by atoms with E-state index in [4.69, 9.17) is 0 Å². The van der Waals surface area contributed by atoms with Gasteiger partial charge in [-0.15, -0.1) is 6.58 Å². The molecule has 0 aliphatic heterocycles. The fourth-order valence-corrected chi connectivity index (χ4v) is 3.40. The summed E-state index contributed by atoms with van der Waals surface area (Å²) in [4.78, 5) is 31.1. The normalized spacial score (nSPS) is 10.8. The van der Waals surface area contributed by atoms with Gasteiger partial charge in [-0.25, -0.2) is 4.98 Å². The Balaban J connectivity index is 1.92. The van der Waals surface area contributed by atoms with E-state index in [0.29, 0.717) is 24.8 Å². The minimum Gasteiger partial charge on any atom is -0.330 e. The summed E-state index contributed by atoms with van der Waals surface area (Å²) in [5.41, 5.74) is 3.84. The van der Waals surface area contributed by atoms with E-state index in [2.05, 4.69) is 42.9 Å². The van der Waals surface area contributed by atoms with Gasteiger partial charge in [0.2, 0.25) is 17.8 Å². The lowest BCUT2D eigenvalue weighted by atomic mass is 10.0. The molecule has 1 heterocycles. The van der Waals surface area contributed by atoms with Crippen molar-refractivity contribution in [1.82, 2.24) is 14.5 Å². The molecule has 2 aromatic carbocycles. The zero-order chi connectivity index (χ0) is 23.1. The largest absolute Gasteiger partial charge is 0.330 e. The Morgan fingerprint density at radius 2 is 1.81 bits per heavy atom. The molecule has 3 rings (SSSR count). The van der Waals surface area contributed by atoms with Crippen molar-refractivity contribution in [2.45, 2.75) is 33.1 Å². The molecule has 2 amide bonds. The van der Waals surface area contributed by atoms with Gasteiger partial charge >= 0.3 is 0 Å². The summed E-state index contributed by atoms with van der Waals surface area (Å²) in [6, 6.07) is 18.0. The maximum absolute atomic E-state index is 12.8. The highest BCUT2D eigenvalue weighted by atomic mass is 16.2. The number of rotatable bonds is 9. The van der Waals surface area contributed by atoms with Gasteiger partial charge in [-0.05, 0) is 23.6 Å². The molecular formula is C26H30N4O2. The third kappa shape index (κ3) is 5.52. The highest BCUT2D eigenvalue weighted by Crippen LogP contribution is 2.25. The fraction of sp³-hybridized carbons (Fsp3) is 0.269. The van der Waals surface area contributed by atoms with Gasteiger partial charge in [-0.3, -0.25) is 19.5 Å². The molecule has 32 heavy (non-hydrogen) atoms. The average molecular weight is 431 g/mol. The molecule has 0 bridgehead atoms. The molecular weight excluding hydrogens is 400 g/mol. The Morgan fingerprint density at radius 1 is 1.12 bits per heavy atom. The predicted molar refractivity (Wildman–Crippen MR) is 129 cm³/mol. The van der Waals surface area contributed by atoms with E-state index in [1.807, 2.05) is 53.2 Å². The minimum absolute atomic E-state index is 0.0570. The summed E-state index contributed by atoms with van der Waals surface area (Å²) in [5.74, 6) is 0.433. The number of amides is 2. The van der Waals surface area contributed by atoms with Crippen LogP contribution in [0.1, 0.15) is 38.7 Å². The number of benzene rings is 2. The van der Waals surface area contributed by atoms with Crippen LogP contribution in [0.5, 0.6) is 0 Å². The van der Waals surface area contributed by atoms with Crippen LogP contribution in [0, 0.1) is 0 Å². The quantitative estimate of drug-likeness (QED) is 0.485. The average Bonchev–Trinajstić information content (AvgIpc) is 3.22. The first-order valence-electron chi connectivity index (χ1n) is 10.9. The highest BCUT2D eigenvalue weighted by Gasteiger charge is 2.18. The van der Waals surface area contributed by atoms with Crippen LogP contribution in [-0.2, 0) is 9.59 Å². The molecule has 0 radical (unpaired) electrons. The second kappa shape index (κ2) is 10.6. The molecule has 0 aliphatic carbocycles. The van der Waals surface area contributed by atoms with Crippen molar-refractivity contribution in [2.24, 2.45) is 0 Å². The number of aromatic nitrogens is 2. The van der Waals surface area contributed by atoms with Gasteiger partial charge in [0.15, 0.2) is 0 Å². The summed E-state index contributed by atoms with van der Waals surface area (Å²) in [5, 5.41) is 2.89. The van der Waals surface area contributed by atoms with Crippen molar-refractivity contribution in [1.29, 1.82) is 0 Å². The van der Waals surface area contributed by atoms with Gasteiger partial charge in [-0.1, -0.05) is 69.3 Å². The minimum atomic E-state index is -0.307. The van der Waals surface area contributed by atoms with E-state index >= 15 is 0 Å². The highest BCUT2D eigenvalue weighted by molar-refractivity contribution is 5.93. The van der Waals surface area contributed by atoms with Crippen molar-refractivity contribution >= 4 is 17.8 Å². The van der Waals surface area contributed by atoms with Crippen LogP contribution in [-0.4, -0.2) is 39.4 Å². The lowest BCUT2D eigenvalue weighted by molar-refractivity contribution is -0.133. The van der Waals surface area contributed by atoms with Crippen molar-refractivity contribution in [3.05, 3.63) is 79.0 Å². The van der Waals surface area contributed by atoms with Crippen LogP contribution >= 0.6 is 0 Å². The van der Waals surface area contributed by atoms with Crippen LogP contribution in [0.4, 0.5) is 5.95 Å². The maximum Gasteiger partial charge on any atom is 0.246 e. The van der Waals surface area contributed by atoms with Crippen LogP contribution in [0.25, 0.3) is 16.9 Å². The van der Waals surface area contributed by atoms with E-state index in [1.165, 1.54) is 10.5 Å². The van der Waals surface area contributed by atoms with E-state index in [-0.39, 0.29) is 18.4 Å². The molecule has 0 saturated heterocycles. The number of nitrogens with zero attached hydrogens (tertiary/aromatic N) is 3. The van der Waals surface area contributed by atoms with Crippen molar-refractivity contribution in [3.63, 3.8) is 0 Å². The number of carbonyl (C=O) groups excluding carboxylic acids is 2. The second-order valence-corrected chi connectivity index (χ2v) is 7.90. The fourth-order valence-electron chi connectivity index (χ4n) is 3.40. The van der Waals surface area contributed by atoms with Gasteiger partial charge in [0.1, 0.15) is 6.54 Å². The van der Waals surface area contributed by atoms with Gasteiger partial charge in [0.05, 0.1) is 5.69 Å². The standard InChI is InChI=1S/C26H30N4O2/c1-5-16-29(25(32)6-2)18-24(31)28-26-27-23(21-10-8-7-9-11-21)17-30(26)22-14-12-20(13-15-22)19(3)4/h5,7-15,17,19H,1,6,16,18H2,2-4H3,(H,27,28,31). The summed E-state index contributed by atoms with van der Waals surface area (Å²) in [7, 11) is 0. The van der Waals surface area contributed by atoms with Gasteiger partial charge in [0.25, 0.3) is 0 Å². The van der Waals surface area contributed by atoms with E-state index in [0.717, 1.165) is 16.9 Å². The molecule has 6 nitrogen and oxygen atoms in total. The third-order valence-corrected chi connectivity index (χ3v) is 5.20. The molecule has 0 saturated carbocycles. The van der Waals surface area contributed by atoms with Crippen molar-refractivity contribution in [2.75, 3.05) is 18.4 Å². The van der Waals surface area contributed by atoms with E-state index in [1.54, 1.807) is 13.0 Å². The molecule has 1 N–H and O–H groups in total. The molecule has 1 aromatic heterocycles. The van der Waals surface area contributed by atoms with Gasteiger partial charge in [0, 0.05) is 30.4 Å². The number of nitrogens with one attached hydrogen (secondary N) is 1. The van der Waals surface area contributed by atoms with Crippen molar-refractivity contribution in [3.8, 4) is 16.9 Å². The zero-order valence-electron chi connectivity index (χ0n) is 18.9. The Hall–Kier alpha value is -3.67. The summed E-state index contributed by atoms with van der Waals surface area (Å²) >= 11 is 0. The topological polar surface area (TPSA) is 67.2 Å². The van der Waals surface area contributed by atoms with Gasteiger partial charge in [-0.2, -0.15) is 0 Å². The first-order valence-corrected chi connectivity index (χ1v) is 10.9. The Morgan fingerprint density at radius 3 is 2.41 bits per heavy atom. The van der Waals surface area contributed by atoms with E-state index in [9.17, 15) is 9.59 Å². The zero-order valence-corrected chi connectivity index (χ0v) is 18.9. The summed E-state index contributed by atoms with van der Waals surface area (Å²) < 4.78 is 1.86. The second-order valence-electron chi connectivity index (χ2n) is 7.90. The Kier molecular flexibility index (Phi) is 7.60. The number of hydrogen-bond acceptors (Lipinski definition) is 3. The van der Waals surface area contributed by atoms with Crippen LogP contribution in [0.2, 0.25) is 0 Å². The first-order chi connectivity index (χ1) is 15.4. The molecule has 6 heteroatoms. The van der Waals surface area contributed by atoms with Crippen LogP contribution in [0.3, 0.4) is 0 Å². The van der Waals surface area contributed by atoms with Crippen LogP contribution in [0.15, 0.2) is 73.4 Å². The lowest BCUT2D eigenvalue weighted by Gasteiger charge is -2.20. The molecule has 0 atom stereocenters. The van der Waals surface area contributed by atoms with Crippen LogP contribution < -0.4 is 5.32 Å². The monoisotopic (exact) mass is 430 g/mol. The number of carbonyl (C=O) groups is 2. The lowest BCUT2D eigenvalue weighted by Crippen LogP contribution is -2.38. The Labute approximate surface area is 189 Å². The number of imidazole rings is 1. The first kappa shape index (κ1) is 23.0. The molecule has 0 unspecified atom stereocenters. The maximum atomic E-state index is 12.8. The van der Waals surface area contributed by atoms with E-state index < -0.39 is 0 Å². The number of anilines is 1. The molecule has 0 fully saturated rings. The molecule has 0 spiro atoms. The molecule has 3 aromatic rings.